The second-order valence-electron chi connectivity index (χ2n) is 11.5. The lowest BCUT2D eigenvalue weighted by Gasteiger charge is -2.28. The first kappa shape index (κ1) is 34.7. The van der Waals surface area contributed by atoms with E-state index in [1.54, 1.807) is 0 Å². The third-order valence-corrected chi connectivity index (χ3v) is 7.22. The van der Waals surface area contributed by atoms with Crippen molar-refractivity contribution in [1.29, 1.82) is 5.26 Å². The lowest BCUT2D eigenvalue weighted by molar-refractivity contribution is -0.154. The molecular formula is C35H46N2O4S. The first-order valence-electron chi connectivity index (χ1n) is 14.4. The van der Waals surface area contributed by atoms with Crippen molar-refractivity contribution < 1.29 is 19.0 Å². The zero-order valence-electron chi connectivity index (χ0n) is 26.5. The lowest BCUT2D eigenvalue weighted by atomic mass is 9.77. The number of aliphatic imine (C=N–C) groups is 1. The van der Waals surface area contributed by atoms with E-state index in [1.807, 2.05) is 64.3 Å². The predicted molar refractivity (Wildman–Crippen MR) is 175 cm³/mol. The molecule has 0 amide bonds. The Morgan fingerprint density at radius 3 is 2.33 bits per heavy atom. The quantitative estimate of drug-likeness (QED) is 0.117. The molecule has 0 heterocycles. The van der Waals surface area contributed by atoms with E-state index in [4.69, 9.17) is 14.2 Å². The van der Waals surface area contributed by atoms with Gasteiger partial charge in [0, 0.05) is 11.8 Å². The number of esters is 1. The van der Waals surface area contributed by atoms with Gasteiger partial charge >= 0.3 is 5.97 Å². The van der Waals surface area contributed by atoms with E-state index < -0.39 is 5.60 Å². The highest BCUT2D eigenvalue weighted by Gasteiger charge is 2.26. The molecule has 0 aromatic heterocycles. The lowest BCUT2D eigenvalue weighted by Crippen LogP contribution is -2.23. The summed E-state index contributed by atoms with van der Waals surface area (Å²) < 4.78 is 17.5. The van der Waals surface area contributed by atoms with E-state index in [0.717, 1.165) is 39.6 Å². The van der Waals surface area contributed by atoms with Crippen LogP contribution in [-0.2, 0) is 21.4 Å². The van der Waals surface area contributed by atoms with Gasteiger partial charge in [0.05, 0.1) is 22.9 Å². The van der Waals surface area contributed by atoms with Crippen molar-refractivity contribution >= 4 is 23.4 Å². The number of benzene rings is 2. The highest BCUT2D eigenvalue weighted by atomic mass is 32.2. The van der Waals surface area contributed by atoms with Crippen LogP contribution in [0.4, 0.5) is 0 Å². The van der Waals surface area contributed by atoms with Crippen molar-refractivity contribution in [2.75, 3.05) is 19.5 Å². The number of aryl methyl sites for hydroxylation is 1. The van der Waals surface area contributed by atoms with Crippen LogP contribution in [0, 0.1) is 11.3 Å². The fourth-order valence-corrected chi connectivity index (χ4v) is 4.52. The molecule has 0 aliphatic rings. The number of hydrogen-bond acceptors (Lipinski definition) is 7. The van der Waals surface area contributed by atoms with Crippen LogP contribution >= 0.6 is 11.8 Å². The highest BCUT2D eigenvalue weighted by molar-refractivity contribution is 8.02. The second kappa shape index (κ2) is 16.2. The minimum Gasteiger partial charge on any atom is -0.492 e. The minimum atomic E-state index is -0.480. The molecule has 0 aliphatic carbocycles. The molecule has 0 saturated carbocycles. The van der Waals surface area contributed by atoms with E-state index in [2.05, 4.69) is 56.6 Å². The van der Waals surface area contributed by atoms with Crippen molar-refractivity contribution in [2.24, 2.45) is 4.99 Å². The molecule has 226 valence electrons. The molecule has 0 aliphatic heterocycles. The third kappa shape index (κ3) is 10.7. The molecule has 2 aromatic carbocycles. The Bertz CT molecular complexity index is 1310. The summed E-state index contributed by atoms with van der Waals surface area (Å²) in [5, 5.41) is 10.7. The number of nitriles is 1. The van der Waals surface area contributed by atoms with Crippen LogP contribution in [0.15, 0.2) is 65.2 Å². The number of unbranched alkanes of at least 4 members (excludes halogenated alkanes) is 1. The summed E-state index contributed by atoms with van der Waals surface area (Å²) in [5.41, 5.74) is 3.63. The van der Waals surface area contributed by atoms with E-state index in [9.17, 15) is 10.1 Å². The second-order valence-corrected chi connectivity index (χ2v) is 12.4. The maximum Gasteiger partial charge on any atom is 0.306 e. The zero-order chi connectivity index (χ0) is 31.3. The first-order valence-corrected chi connectivity index (χ1v) is 15.7. The number of nitrogens with zero attached hydrogens (tertiary/aromatic N) is 2. The molecule has 6 nitrogen and oxygen atoms in total. The van der Waals surface area contributed by atoms with Gasteiger partial charge in [-0.2, -0.15) is 5.26 Å². The molecule has 7 heteroatoms. The summed E-state index contributed by atoms with van der Waals surface area (Å²) in [6.07, 6.45) is 8.25. The van der Waals surface area contributed by atoms with E-state index in [1.165, 1.54) is 11.8 Å². The topological polar surface area (TPSA) is 80.9 Å². The number of carbonyl (C=O) groups is 1. The van der Waals surface area contributed by atoms with E-state index >= 15 is 0 Å². The van der Waals surface area contributed by atoms with Crippen LogP contribution in [0.25, 0.3) is 0 Å². The Morgan fingerprint density at radius 1 is 1.07 bits per heavy atom. The Morgan fingerprint density at radius 2 is 1.76 bits per heavy atom. The first-order chi connectivity index (χ1) is 19.8. The zero-order valence-corrected chi connectivity index (χ0v) is 27.3. The largest absolute Gasteiger partial charge is 0.492 e. The summed E-state index contributed by atoms with van der Waals surface area (Å²) in [4.78, 5) is 16.5. The SMILES string of the molecule is C=C(/N=C(\C=C/C)COc1ccc(C(C)(C)c2cc(C#N)c(OCCCCC(=O)OC(C)(C)C)c(CC)c2)cc1)SC. The molecular weight excluding hydrogens is 544 g/mol. The van der Waals surface area contributed by atoms with Gasteiger partial charge in [-0.25, -0.2) is 4.99 Å². The van der Waals surface area contributed by atoms with Crippen molar-refractivity contribution in [3.05, 3.63) is 82.4 Å². The van der Waals surface area contributed by atoms with E-state index in [-0.39, 0.29) is 11.4 Å². The van der Waals surface area contributed by atoms with Gasteiger partial charge < -0.3 is 14.2 Å². The van der Waals surface area contributed by atoms with Crippen LogP contribution in [-0.4, -0.2) is 36.8 Å². The van der Waals surface area contributed by atoms with Crippen molar-refractivity contribution in [2.45, 2.75) is 85.2 Å². The summed E-state index contributed by atoms with van der Waals surface area (Å²) in [6.45, 7) is 18.6. The summed E-state index contributed by atoms with van der Waals surface area (Å²) >= 11 is 1.50. The Hall–Kier alpha value is -3.50. The molecule has 0 atom stereocenters. The van der Waals surface area contributed by atoms with Gasteiger partial charge in [0.1, 0.15) is 29.8 Å². The average Bonchev–Trinajstić information content (AvgIpc) is 2.94. The molecule has 0 unspecified atom stereocenters. The van der Waals surface area contributed by atoms with Crippen LogP contribution in [0.3, 0.4) is 0 Å². The van der Waals surface area contributed by atoms with Gasteiger partial charge in [-0.3, -0.25) is 4.79 Å². The van der Waals surface area contributed by atoms with Gasteiger partial charge in [0.15, 0.2) is 0 Å². The monoisotopic (exact) mass is 590 g/mol. The van der Waals surface area contributed by atoms with Gasteiger partial charge in [-0.05, 0) is 94.2 Å². The number of hydrogen-bond donors (Lipinski definition) is 0. The number of thioether (sulfide) groups is 1. The van der Waals surface area contributed by atoms with Gasteiger partial charge in [0.25, 0.3) is 0 Å². The molecule has 0 saturated heterocycles. The molecule has 0 fully saturated rings. The van der Waals surface area contributed by atoms with Crippen molar-refractivity contribution in [1.82, 2.24) is 0 Å². The van der Waals surface area contributed by atoms with Crippen LogP contribution in [0.2, 0.25) is 0 Å². The normalized spacial score (nSPS) is 12.2. The number of carbonyl (C=O) groups excluding carboxylic acids is 1. The molecule has 0 radical (unpaired) electrons. The van der Waals surface area contributed by atoms with Crippen LogP contribution in [0.1, 0.15) is 90.0 Å². The van der Waals surface area contributed by atoms with Gasteiger partial charge in [0.2, 0.25) is 0 Å². The average molecular weight is 591 g/mol. The molecule has 0 N–H and O–H groups in total. The summed E-state index contributed by atoms with van der Waals surface area (Å²) in [7, 11) is 0. The Kier molecular flexibility index (Phi) is 13.4. The smallest absolute Gasteiger partial charge is 0.306 e. The fourth-order valence-electron chi connectivity index (χ4n) is 4.31. The molecule has 0 bridgehead atoms. The Labute approximate surface area is 256 Å². The molecule has 42 heavy (non-hydrogen) atoms. The summed E-state index contributed by atoms with van der Waals surface area (Å²) in [5.74, 6) is 1.18. The highest BCUT2D eigenvalue weighted by Crippen LogP contribution is 2.37. The molecule has 0 spiro atoms. The fraction of sp³-hybridized carbons (Fsp3) is 0.457. The van der Waals surface area contributed by atoms with E-state index in [0.29, 0.717) is 43.8 Å². The molecule has 2 rings (SSSR count). The number of allylic oxidation sites excluding steroid dienone is 1. The minimum absolute atomic E-state index is 0.203. The van der Waals surface area contributed by atoms with Crippen LogP contribution < -0.4 is 9.47 Å². The number of ether oxygens (including phenoxy) is 3. The predicted octanol–water partition coefficient (Wildman–Crippen LogP) is 8.57. The summed E-state index contributed by atoms with van der Waals surface area (Å²) in [6, 6.07) is 14.5. The van der Waals surface area contributed by atoms with Gasteiger partial charge in [-0.15, -0.1) is 11.8 Å². The third-order valence-electron chi connectivity index (χ3n) is 6.66. The maximum absolute atomic E-state index is 12.0. The number of rotatable bonds is 15. The maximum atomic E-state index is 12.0. The van der Waals surface area contributed by atoms with Crippen molar-refractivity contribution in [3.63, 3.8) is 0 Å². The molecule has 2 aromatic rings. The Balaban J connectivity index is 2.14. The van der Waals surface area contributed by atoms with Crippen molar-refractivity contribution in [3.8, 4) is 17.6 Å². The van der Waals surface area contributed by atoms with Crippen LogP contribution in [0.5, 0.6) is 11.5 Å². The standard InChI is InChI=1S/C35H46N2O4S/c1-10-14-30(37-25(3)42-9)24-40-31-18-16-28(17-19-31)35(7,8)29-21-26(11-2)33(27(22-29)23-36)39-20-13-12-15-32(38)41-34(4,5)6/h10,14,16-19,21-22H,3,11-13,15,20,24H2,1-2,4-9H3/b14-10-,37-30+. The van der Waals surface area contributed by atoms with Gasteiger partial charge in [-0.1, -0.05) is 51.6 Å².